The van der Waals surface area contributed by atoms with E-state index >= 15 is 0 Å². The van der Waals surface area contributed by atoms with Gasteiger partial charge in [-0.15, -0.1) is 11.3 Å². The molecule has 0 fully saturated rings. The van der Waals surface area contributed by atoms with Gasteiger partial charge in [0, 0.05) is 36.9 Å². The third-order valence-electron chi connectivity index (χ3n) is 10.5. The van der Waals surface area contributed by atoms with E-state index in [1.807, 2.05) is 11.3 Å². The molecule has 1 N–H and O–H groups in total. The molecule has 11 rings (SSSR count). The van der Waals surface area contributed by atoms with Crippen LogP contribution < -0.4 is 5.32 Å². The molecule has 0 saturated heterocycles. The quantitative estimate of drug-likeness (QED) is 0.186. The van der Waals surface area contributed by atoms with E-state index in [-0.39, 0.29) is 6.17 Å². The smallest absolute Gasteiger partial charge is 0.159 e. The molecule has 51 heavy (non-hydrogen) atoms. The Bertz CT molecular complexity index is 3070. The summed E-state index contributed by atoms with van der Waals surface area (Å²) in [5, 5.41) is 16.5. The van der Waals surface area contributed by atoms with Crippen LogP contribution in [-0.2, 0) is 0 Å². The first-order chi connectivity index (χ1) is 25.3. The van der Waals surface area contributed by atoms with Gasteiger partial charge in [0.25, 0.3) is 0 Å². The second-order valence-electron chi connectivity index (χ2n) is 13.4. The maximum absolute atomic E-state index is 5.32. The van der Waals surface area contributed by atoms with Crippen molar-refractivity contribution in [1.29, 1.82) is 0 Å². The molecule has 2 heterocycles. The normalized spacial score (nSPS) is 14.9. The minimum absolute atomic E-state index is 0.307. The first-order valence-corrected chi connectivity index (χ1v) is 18.2. The molecule has 0 bridgehead atoms. The number of amidine groups is 2. The van der Waals surface area contributed by atoms with Crippen LogP contribution in [0, 0.1) is 0 Å². The van der Waals surface area contributed by atoms with E-state index in [2.05, 4.69) is 169 Å². The third kappa shape index (κ3) is 4.43. The van der Waals surface area contributed by atoms with Gasteiger partial charge in [-0.2, -0.15) is 0 Å². The number of nitrogens with zero attached hydrogens (tertiary/aromatic N) is 2. The third-order valence-corrected chi connectivity index (χ3v) is 11.7. The lowest BCUT2D eigenvalue weighted by Gasteiger charge is -2.25. The van der Waals surface area contributed by atoms with Gasteiger partial charge in [0.1, 0.15) is 12.0 Å². The number of benzene rings is 9. The van der Waals surface area contributed by atoms with Gasteiger partial charge in [-0.25, -0.2) is 9.98 Å². The van der Waals surface area contributed by atoms with Crippen molar-refractivity contribution in [3.05, 3.63) is 180 Å². The predicted molar refractivity (Wildman–Crippen MR) is 218 cm³/mol. The summed E-state index contributed by atoms with van der Waals surface area (Å²) in [5.74, 6) is 1.54. The first kappa shape index (κ1) is 28.5. The Hall–Kier alpha value is -6.36. The monoisotopic (exact) mass is 667 g/mol. The molecule has 0 spiro atoms. The molecule has 1 aromatic heterocycles. The Balaban J connectivity index is 1.09. The van der Waals surface area contributed by atoms with Crippen molar-refractivity contribution in [2.45, 2.75) is 6.17 Å². The molecule has 0 radical (unpaired) electrons. The van der Waals surface area contributed by atoms with Crippen LogP contribution in [0.5, 0.6) is 0 Å². The van der Waals surface area contributed by atoms with E-state index < -0.39 is 0 Å². The molecule has 0 aliphatic carbocycles. The molecule has 238 valence electrons. The Morgan fingerprint density at radius 2 is 1.16 bits per heavy atom. The molecule has 1 atom stereocenters. The van der Waals surface area contributed by atoms with Crippen LogP contribution in [0.25, 0.3) is 74.4 Å². The molecular weight excluding hydrogens is 639 g/mol. The van der Waals surface area contributed by atoms with Crippen LogP contribution in [0.15, 0.2) is 174 Å². The maximum Gasteiger partial charge on any atom is 0.159 e. The largest absolute Gasteiger partial charge is 0.344 e. The summed E-state index contributed by atoms with van der Waals surface area (Å²) in [6.45, 7) is 0. The molecule has 1 aliphatic rings. The summed E-state index contributed by atoms with van der Waals surface area (Å²) in [4.78, 5) is 10.6. The van der Waals surface area contributed by atoms with Crippen molar-refractivity contribution in [2.24, 2.45) is 9.98 Å². The van der Waals surface area contributed by atoms with Crippen molar-refractivity contribution < 1.29 is 0 Å². The molecule has 10 aromatic rings. The number of hydrogen-bond acceptors (Lipinski definition) is 4. The molecule has 9 aromatic carbocycles. The number of fused-ring (bicyclic) bond motifs is 5. The highest BCUT2D eigenvalue weighted by Crippen LogP contribution is 2.48. The minimum atomic E-state index is -0.307. The Kier molecular flexibility index (Phi) is 6.18. The summed E-state index contributed by atoms with van der Waals surface area (Å²) in [5.41, 5.74) is 5.56. The zero-order chi connectivity index (χ0) is 33.5. The molecule has 4 heteroatoms. The van der Waals surface area contributed by atoms with E-state index in [4.69, 9.17) is 9.98 Å². The van der Waals surface area contributed by atoms with Gasteiger partial charge in [-0.05, 0) is 72.4 Å². The van der Waals surface area contributed by atoms with Crippen LogP contribution in [0.4, 0.5) is 0 Å². The van der Waals surface area contributed by atoms with E-state index in [9.17, 15) is 0 Å². The zero-order valence-corrected chi connectivity index (χ0v) is 28.3. The van der Waals surface area contributed by atoms with Crippen LogP contribution in [-0.4, -0.2) is 11.7 Å². The summed E-state index contributed by atoms with van der Waals surface area (Å²) >= 11 is 1.89. The minimum Gasteiger partial charge on any atom is -0.344 e. The van der Waals surface area contributed by atoms with E-state index in [0.717, 1.165) is 33.9 Å². The van der Waals surface area contributed by atoms with Crippen molar-refractivity contribution in [2.75, 3.05) is 0 Å². The summed E-state index contributed by atoms with van der Waals surface area (Å²) in [7, 11) is 0. The van der Waals surface area contributed by atoms with Crippen LogP contribution >= 0.6 is 11.3 Å². The van der Waals surface area contributed by atoms with Gasteiger partial charge < -0.3 is 5.32 Å². The fourth-order valence-corrected chi connectivity index (χ4v) is 9.38. The van der Waals surface area contributed by atoms with Crippen molar-refractivity contribution in [3.63, 3.8) is 0 Å². The number of rotatable bonds is 4. The van der Waals surface area contributed by atoms with Gasteiger partial charge >= 0.3 is 0 Å². The fraction of sp³-hybridized carbons (Fsp3) is 0.0213. The first-order valence-electron chi connectivity index (χ1n) is 17.4. The highest BCUT2D eigenvalue weighted by molar-refractivity contribution is 7.26. The molecular formula is C47H29N3S. The number of thiophene rings is 1. The van der Waals surface area contributed by atoms with Crippen molar-refractivity contribution in [3.8, 4) is 11.1 Å². The summed E-state index contributed by atoms with van der Waals surface area (Å²) in [6, 6.07) is 59.0. The average Bonchev–Trinajstić information content (AvgIpc) is 3.60. The summed E-state index contributed by atoms with van der Waals surface area (Å²) in [6.07, 6.45) is -0.307. The summed E-state index contributed by atoms with van der Waals surface area (Å²) < 4.78 is 2.65. The topological polar surface area (TPSA) is 36.8 Å². The van der Waals surface area contributed by atoms with Crippen molar-refractivity contribution in [1.82, 2.24) is 5.32 Å². The lowest BCUT2D eigenvalue weighted by atomic mass is 9.92. The SMILES string of the molecule is c1cc(C2=NC(c3cccc4ccccc34)NC(c3ccc4ccccc4c3)=N2)cc(-c2ccc3c4ccccc4c4cccc5sc2c3c54)c1. The molecule has 0 amide bonds. The standard InChI is InChI=1S/C47H29N3S/c1-2-12-30-26-33(23-22-28(30)10-1)46-48-45(49-47(50-46)40-20-8-13-29-11-3-4-16-34(29)40)32-15-7-14-31(27-32)35-24-25-39-37-18-6-5-17-36(37)38-19-9-21-41-42(38)43(39)44(35)51-41/h1-27,47H,(H,48,49,50). The van der Waals surface area contributed by atoms with Crippen molar-refractivity contribution >= 4 is 86.3 Å². The molecule has 1 unspecified atom stereocenters. The molecule has 3 nitrogen and oxygen atoms in total. The van der Waals surface area contributed by atoms with Gasteiger partial charge in [0.15, 0.2) is 5.84 Å². The lowest BCUT2D eigenvalue weighted by Crippen LogP contribution is -2.33. The predicted octanol–water partition coefficient (Wildman–Crippen LogP) is 12.3. The number of aliphatic imine (C=N–C) groups is 2. The molecule has 1 aliphatic heterocycles. The second-order valence-corrected chi connectivity index (χ2v) is 14.4. The van der Waals surface area contributed by atoms with Gasteiger partial charge in [0.05, 0.1) is 0 Å². The highest BCUT2D eigenvalue weighted by atomic mass is 32.1. The van der Waals surface area contributed by atoms with Gasteiger partial charge in [-0.3, -0.25) is 0 Å². The average molecular weight is 668 g/mol. The Morgan fingerprint density at radius 1 is 0.471 bits per heavy atom. The van der Waals surface area contributed by atoms with Crippen LogP contribution in [0.2, 0.25) is 0 Å². The van der Waals surface area contributed by atoms with E-state index in [0.29, 0.717) is 0 Å². The number of nitrogens with one attached hydrogen (secondary N) is 1. The maximum atomic E-state index is 5.32. The van der Waals surface area contributed by atoms with Crippen LogP contribution in [0.1, 0.15) is 22.9 Å². The fourth-order valence-electron chi connectivity index (χ4n) is 8.09. The Labute approximate surface area is 298 Å². The zero-order valence-electron chi connectivity index (χ0n) is 27.5. The highest BCUT2D eigenvalue weighted by Gasteiger charge is 2.24. The molecule has 0 saturated carbocycles. The number of hydrogen-bond donors (Lipinski definition) is 1. The van der Waals surface area contributed by atoms with E-state index in [1.54, 1.807) is 0 Å². The second kappa shape index (κ2) is 11.1. The Morgan fingerprint density at radius 3 is 2.04 bits per heavy atom. The van der Waals surface area contributed by atoms with E-state index in [1.165, 1.54) is 68.8 Å². The van der Waals surface area contributed by atoms with Gasteiger partial charge in [-0.1, -0.05) is 146 Å². The lowest BCUT2D eigenvalue weighted by molar-refractivity contribution is 0.679. The van der Waals surface area contributed by atoms with Crippen LogP contribution in [0.3, 0.4) is 0 Å². The van der Waals surface area contributed by atoms with Gasteiger partial charge in [0.2, 0.25) is 0 Å².